The van der Waals surface area contributed by atoms with Gasteiger partial charge in [-0.3, -0.25) is 19.2 Å². The predicted molar refractivity (Wildman–Crippen MR) is 91.3 cm³/mol. The number of carboxylic acid groups (broad SMARTS) is 2. The largest absolute Gasteiger partial charge is 0.481 e. The molecule has 0 saturated carbocycles. The summed E-state index contributed by atoms with van der Waals surface area (Å²) in [6, 6.07) is -5.26. The van der Waals surface area contributed by atoms with Crippen molar-refractivity contribution in [3.63, 3.8) is 0 Å². The van der Waals surface area contributed by atoms with Crippen LogP contribution in [0.5, 0.6) is 0 Å². The van der Waals surface area contributed by atoms with Gasteiger partial charge in [0.1, 0.15) is 18.1 Å². The van der Waals surface area contributed by atoms with Crippen LogP contribution in [0.15, 0.2) is 0 Å². The second-order valence-electron chi connectivity index (χ2n) is 6.24. The molecule has 0 aromatic heterocycles. The zero-order chi connectivity index (χ0) is 21.3. The summed E-state index contributed by atoms with van der Waals surface area (Å²) in [6.07, 6.45) is -0.745. The monoisotopic (exact) mass is 390 g/mol. The Morgan fingerprint density at radius 2 is 1.37 bits per heavy atom. The molecule has 0 bridgehead atoms. The predicted octanol–water partition coefficient (Wildman–Crippen LogP) is -3.00. The molecule has 0 aliphatic carbocycles. The van der Waals surface area contributed by atoms with E-state index in [1.807, 2.05) is 5.32 Å². The lowest BCUT2D eigenvalue weighted by molar-refractivity contribution is -0.144. The van der Waals surface area contributed by atoms with Crippen molar-refractivity contribution in [2.45, 2.75) is 51.4 Å². The molecule has 12 nitrogen and oxygen atoms in total. The van der Waals surface area contributed by atoms with Gasteiger partial charge in [0.05, 0.1) is 19.1 Å². The first-order valence-electron chi connectivity index (χ1n) is 8.12. The first-order valence-corrected chi connectivity index (χ1v) is 8.12. The van der Waals surface area contributed by atoms with Crippen molar-refractivity contribution in [1.29, 1.82) is 0 Å². The molecule has 0 fully saturated rings. The van der Waals surface area contributed by atoms with E-state index in [-0.39, 0.29) is 5.92 Å². The highest BCUT2D eigenvalue weighted by Crippen LogP contribution is 2.01. The van der Waals surface area contributed by atoms with Gasteiger partial charge in [0, 0.05) is 0 Å². The molecular weight excluding hydrogens is 364 g/mol. The molecule has 27 heavy (non-hydrogen) atoms. The summed E-state index contributed by atoms with van der Waals surface area (Å²) >= 11 is 0. The number of carbonyl (C=O) groups is 5. The summed E-state index contributed by atoms with van der Waals surface area (Å²) in [5, 5.41) is 33.0. The van der Waals surface area contributed by atoms with Crippen molar-refractivity contribution in [2.75, 3.05) is 6.61 Å². The Balaban J connectivity index is 5.02. The Morgan fingerprint density at radius 1 is 0.852 bits per heavy atom. The van der Waals surface area contributed by atoms with Gasteiger partial charge in [-0.1, -0.05) is 13.8 Å². The van der Waals surface area contributed by atoms with Gasteiger partial charge in [0.15, 0.2) is 0 Å². The third-order valence-electron chi connectivity index (χ3n) is 3.58. The molecule has 0 aliphatic heterocycles. The topological polar surface area (TPSA) is 208 Å². The highest BCUT2D eigenvalue weighted by atomic mass is 16.4. The zero-order valence-corrected chi connectivity index (χ0v) is 15.3. The number of carboxylic acids is 2. The summed E-state index contributed by atoms with van der Waals surface area (Å²) < 4.78 is 0. The van der Waals surface area contributed by atoms with Crippen LogP contribution >= 0.6 is 0 Å². The molecule has 4 unspecified atom stereocenters. The van der Waals surface area contributed by atoms with Crippen LogP contribution in [0.2, 0.25) is 0 Å². The van der Waals surface area contributed by atoms with Crippen molar-refractivity contribution >= 4 is 29.7 Å². The van der Waals surface area contributed by atoms with E-state index in [1.54, 1.807) is 13.8 Å². The van der Waals surface area contributed by atoms with Gasteiger partial charge in [0.25, 0.3) is 0 Å². The summed E-state index contributed by atoms with van der Waals surface area (Å²) in [6.45, 7) is 3.71. The van der Waals surface area contributed by atoms with Crippen LogP contribution in [0.3, 0.4) is 0 Å². The average molecular weight is 390 g/mol. The summed E-state index contributed by atoms with van der Waals surface area (Å²) in [7, 11) is 0. The molecule has 12 heteroatoms. The Hall–Kier alpha value is -2.73. The number of rotatable bonds is 11. The molecule has 0 saturated heterocycles. The lowest BCUT2D eigenvalue weighted by Crippen LogP contribution is -2.57. The fourth-order valence-electron chi connectivity index (χ4n) is 1.82. The molecule has 8 N–H and O–H groups in total. The lowest BCUT2D eigenvalue weighted by Gasteiger charge is -2.23. The van der Waals surface area contributed by atoms with Crippen LogP contribution in [0.1, 0.15) is 27.2 Å². The number of amides is 3. The standard InChI is InChI=1S/C15H26N4O8/c1-6(2)11(16)14(25)18-8(4-10(21)22)13(24)17-7(3)12(23)19-9(5-20)15(26)27/h6-9,11,20H,4-5,16H2,1-3H3,(H,17,24)(H,18,25)(H,19,23)(H,21,22)(H,26,27). The lowest BCUT2D eigenvalue weighted by atomic mass is 10.0. The molecule has 154 valence electrons. The minimum absolute atomic E-state index is 0.255. The van der Waals surface area contributed by atoms with Crippen molar-refractivity contribution in [3.8, 4) is 0 Å². The number of nitrogens with two attached hydrogens (primary N) is 1. The first-order chi connectivity index (χ1) is 12.4. The van der Waals surface area contributed by atoms with Gasteiger partial charge in [-0.2, -0.15) is 0 Å². The molecule has 0 spiro atoms. The molecule has 0 heterocycles. The van der Waals surface area contributed by atoms with Crippen molar-refractivity contribution in [1.82, 2.24) is 16.0 Å². The Labute approximate surface area is 155 Å². The van der Waals surface area contributed by atoms with Gasteiger partial charge in [-0.05, 0) is 12.8 Å². The highest BCUT2D eigenvalue weighted by molar-refractivity contribution is 5.95. The summed E-state index contributed by atoms with van der Waals surface area (Å²) in [5.74, 6) is -5.69. The number of nitrogens with one attached hydrogen (secondary N) is 3. The van der Waals surface area contributed by atoms with Crippen LogP contribution in [0.25, 0.3) is 0 Å². The van der Waals surface area contributed by atoms with Crippen molar-refractivity contribution in [2.24, 2.45) is 11.7 Å². The number of hydrogen-bond donors (Lipinski definition) is 7. The van der Waals surface area contributed by atoms with E-state index in [4.69, 9.17) is 21.1 Å². The van der Waals surface area contributed by atoms with E-state index in [1.165, 1.54) is 6.92 Å². The second kappa shape index (κ2) is 11.1. The SMILES string of the molecule is CC(NC(=O)C(CC(=O)O)NC(=O)C(N)C(C)C)C(=O)NC(CO)C(=O)O. The fraction of sp³-hybridized carbons (Fsp3) is 0.667. The van der Waals surface area contributed by atoms with E-state index in [2.05, 4.69) is 10.6 Å². The van der Waals surface area contributed by atoms with Gasteiger partial charge < -0.3 is 37.0 Å². The third-order valence-corrected chi connectivity index (χ3v) is 3.58. The molecule has 0 aliphatic rings. The third kappa shape index (κ3) is 8.46. The quantitative estimate of drug-likeness (QED) is 0.191. The Bertz CT molecular complexity index is 580. The number of aliphatic hydroxyl groups is 1. The van der Waals surface area contributed by atoms with Crippen molar-refractivity contribution < 1.29 is 39.3 Å². The van der Waals surface area contributed by atoms with Crippen molar-refractivity contribution in [3.05, 3.63) is 0 Å². The maximum atomic E-state index is 12.2. The van der Waals surface area contributed by atoms with Gasteiger partial charge in [0.2, 0.25) is 17.7 Å². The zero-order valence-electron chi connectivity index (χ0n) is 15.3. The van der Waals surface area contributed by atoms with Crippen LogP contribution in [-0.2, 0) is 24.0 Å². The van der Waals surface area contributed by atoms with Crippen LogP contribution in [-0.4, -0.2) is 75.8 Å². The fourth-order valence-corrected chi connectivity index (χ4v) is 1.82. The Kier molecular flexibility index (Phi) is 9.96. The molecular formula is C15H26N4O8. The summed E-state index contributed by atoms with van der Waals surface area (Å²) in [4.78, 5) is 57.8. The van der Waals surface area contributed by atoms with Crippen LogP contribution in [0.4, 0.5) is 0 Å². The maximum Gasteiger partial charge on any atom is 0.328 e. The summed E-state index contributed by atoms with van der Waals surface area (Å²) in [5.41, 5.74) is 5.65. The average Bonchev–Trinajstić information content (AvgIpc) is 2.56. The van der Waals surface area contributed by atoms with Crippen LogP contribution < -0.4 is 21.7 Å². The normalized spacial score (nSPS) is 15.2. The minimum atomic E-state index is -1.56. The number of aliphatic carboxylic acids is 2. The van der Waals surface area contributed by atoms with E-state index in [0.29, 0.717) is 0 Å². The van der Waals surface area contributed by atoms with Gasteiger partial charge >= 0.3 is 11.9 Å². The maximum absolute atomic E-state index is 12.2. The smallest absolute Gasteiger partial charge is 0.328 e. The highest BCUT2D eigenvalue weighted by Gasteiger charge is 2.30. The molecule has 0 aromatic carbocycles. The van der Waals surface area contributed by atoms with E-state index in [9.17, 15) is 24.0 Å². The van der Waals surface area contributed by atoms with E-state index < -0.39 is 66.9 Å². The molecule has 0 rings (SSSR count). The van der Waals surface area contributed by atoms with Gasteiger partial charge in [-0.25, -0.2) is 4.79 Å². The number of hydrogen-bond acceptors (Lipinski definition) is 7. The number of aliphatic hydroxyl groups excluding tert-OH is 1. The Morgan fingerprint density at radius 3 is 1.78 bits per heavy atom. The van der Waals surface area contributed by atoms with Gasteiger partial charge in [-0.15, -0.1) is 0 Å². The molecule has 4 atom stereocenters. The molecule has 0 radical (unpaired) electrons. The molecule has 3 amide bonds. The minimum Gasteiger partial charge on any atom is -0.481 e. The molecule has 0 aromatic rings. The second-order valence-corrected chi connectivity index (χ2v) is 6.24. The van der Waals surface area contributed by atoms with Crippen LogP contribution in [0, 0.1) is 5.92 Å². The first kappa shape index (κ1) is 24.3. The van der Waals surface area contributed by atoms with E-state index in [0.717, 1.165) is 0 Å². The van der Waals surface area contributed by atoms with E-state index >= 15 is 0 Å². The number of carbonyl (C=O) groups excluding carboxylic acids is 3.